The monoisotopic (exact) mass is 442 g/mol. The highest BCUT2D eigenvalue weighted by Crippen LogP contribution is 2.37. The van der Waals surface area contributed by atoms with Gasteiger partial charge in [0.2, 0.25) is 0 Å². The highest BCUT2D eigenvalue weighted by molar-refractivity contribution is 6.32. The molecule has 0 saturated heterocycles. The first-order valence-electron chi connectivity index (χ1n) is 9.88. The Bertz CT molecular complexity index is 1020. The number of benzene rings is 3. The van der Waals surface area contributed by atoms with Crippen LogP contribution < -0.4 is 20.1 Å². The van der Waals surface area contributed by atoms with Crippen molar-refractivity contribution in [3.8, 4) is 11.5 Å². The summed E-state index contributed by atoms with van der Waals surface area (Å²) in [6.45, 7) is 4.49. The predicted molar refractivity (Wildman–Crippen MR) is 122 cm³/mol. The molecule has 0 saturated carbocycles. The SMILES string of the molecule is CCOc1cc(CNc2ccc(F)cc2)cc(Cl)c1OCC(=O)Nc1ccc(C)cc1. The Morgan fingerprint density at radius 1 is 1.00 bits per heavy atom. The van der Waals surface area contributed by atoms with Gasteiger partial charge in [-0.25, -0.2) is 4.39 Å². The molecule has 0 heterocycles. The van der Waals surface area contributed by atoms with Gasteiger partial charge >= 0.3 is 0 Å². The minimum absolute atomic E-state index is 0.207. The zero-order chi connectivity index (χ0) is 22.2. The number of aryl methyl sites for hydroxylation is 1. The van der Waals surface area contributed by atoms with E-state index in [1.165, 1.54) is 12.1 Å². The number of halogens is 2. The lowest BCUT2D eigenvalue weighted by molar-refractivity contribution is -0.118. The van der Waals surface area contributed by atoms with E-state index in [9.17, 15) is 9.18 Å². The smallest absolute Gasteiger partial charge is 0.262 e. The predicted octanol–water partition coefficient (Wildman–Crippen LogP) is 5.82. The second-order valence-electron chi connectivity index (χ2n) is 6.90. The third kappa shape index (κ3) is 6.62. The van der Waals surface area contributed by atoms with Gasteiger partial charge in [0.1, 0.15) is 5.82 Å². The molecule has 2 N–H and O–H groups in total. The van der Waals surface area contributed by atoms with E-state index in [2.05, 4.69) is 10.6 Å². The van der Waals surface area contributed by atoms with Crippen LogP contribution in [0.5, 0.6) is 11.5 Å². The Hall–Kier alpha value is -3.25. The topological polar surface area (TPSA) is 59.6 Å². The zero-order valence-electron chi connectivity index (χ0n) is 17.4. The van der Waals surface area contributed by atoms with Gasteiger partial charge in [-0.05, 0) is 67.9 Å². The summed E-state index contributed by atoms with van der Waals surface area (Å²) in [4.78, 5) is 12.2. The first-order chi connectivity index (χ1) is 14.9. The molecule has 0 unspecified atom stereocenters. The van der Waals surface area contributed by atoms with Crippen LogP contribution in [0.2, 0.25) is 5.02 Å². The molecule has 0 bridgehead atoms. The average Bonchev–Trinajstić information content (AvgIpc) is 2.74. The van der Waals surface area contributed by atoms with Crippen molar-refractivity contribution in [3.05, 3.63) is 82.6 Å². The zero-order valence-corrected chi connectivity index (χ0v) is 18.1. The van der Waals surface area contributed by atoms with Crippen molar-refractivity contribution in [2.75, 3.05) is 23.8 Å². The number of nitrogens with one attached hydrogen (secondary N) is 2. The molecule has 0 fully saturated rings. The Labute approximate surface area is 186 Å². The van der Waals surface area contributed by atoms with Crippen molar-refractivity contribution in [1.29, 1.82) is 0 Å². The fourth-order valence-corrected chi connectivity index (χ4v) is 3.16. The van der Waals surface area contributed by atoms with E-state index in [0.717, 1.165) is 16.8 Å². The third-order valence-electron chi connectivity index (χ3n) is 4.39. The van der Waals surface area contributed by atoms with Gasteiger partial charge in [-0.15, -0.1) is 0 Å². The lowest BCUT2D eigenvalue weighted by Crippen LogP contribution is -2.20. The van der Waals surface area contributed by atoms with Crippen LogP contribution in [-0.2, 0) is 11.3 Å². The molecular weight excluding hydrogens is 419 g/mol. The maximum absolute atomic E-state index is 13.0. The molecule has 5 nitrogen and oxygen atoms in total. The maximum atomic E-state index is 13.0. The van der Waals surface area contributed by atoms with Crippen molar-refractivity contribution in [2.45, 2.75) is 20.4 Å². The number of anilines is 2. The number of carbonyl (C=O) groups is 1. The van der Waals surface area contributed by atoms with E-state index in [-0.39, 0.29) is 18.3 Å². The number of amides is 1. The summed E-state index contributed by atoms with van der Waals surface area (Å²) in [6, 6.07) is 17.1. The molecule has 3 aromatic rings. The summed E-state index contributed by atoms with van der Waals surface area (Å²) in [5, 5.41) is 6.32. The lowest BCUT2D eigenvalue weighted by atomic mass is 10.2. The van der Waals surface area contributed by atoms with Crippen molar-refractivity contribution in [3.63, 3.8) is 0 Å². The number of hydrogen-bond donors (Lipinski definition) is 2. The minimum atomic E-state index is -0.301. The minimum Gasteiger partial charge on any atom is -0.490 e. The molecule has 1 amide bonds. The summed E-state index contributed by atoms with van der Waals surface area (Å²) in [5.74, 6) is 0.173. The standard InChI is InChI=1S/C24H24ClFN2O3/c1-3-30-22-13-17(14-27-19-10-6-18(26)7-11-19)12-21(25)24(22)31-15-23(29)28-20-8-4-16(2)5-9-20/h4-13,27H,3,14-15H2,1-2H3,(H,28,29). The van der Waals surface area contributed by atoms with Gasteiger partial charge in [-0.1, -0.05) is 29.3 Å². The van der Waals surface area contributed by atoms with Crippen LogP contribution in [0.25, 0.3) is 0 Å². The van der Waals surface area contributed by atoms with E-state index in [1.807, 2.05) is 38.1 Å². The van der Waals surface area contributed by atoms with Gasteiger partial charge in [0, 0.05) is 17.9 Å². The molecule has 0 aliphatic heterocycles. The normalized spacial score (nSPS) is 10.5. The van der Waals surface area contributed by atoms with Crippen LogP contribution in [0.3, 0.4) is 0 Å². The number of rotatable bonds is 9. The molecule has 0 atom stereocenters. The molecular formula is C24H24ClFN2O3. The molecule has 0 aromatic heterocycles. The van der Waals surface area contributed by atoms with Crippen LogP contribution in [0.15, 0.2) is 60.7 Å². The molecule has 3 aromatic carbocycles. The van der Waals surface area contributed by atoms with E-state index in [1.54, 1.807) is 24.3 Å². The maximum Gasteiger partial charge on any atom is 0.262 e. The first-order valence-corrected chi connectivity index (χ1v) is 10.3. The Morgan fingerprint density at radius 3 is 2.35 bits per heavy atom. The van der Waals surface area contributed by atoms with Crippen LogP contribution in [0.1, 0.15) is 18.1 Å². The highest BCUT2D eigenvalue weighted by Gasteiger charge is 2.15. The quantitative estimate of drug-likeness (QED) is 0.438. The molecule has 7 heteroatoms. The van der Waals surface area contributed by atoms with Crippen LogP contribution in [-0.4, -0.2) is 19.1 Å². The van der Waals surface area contributed by atoms with Crippen LogP contribution in [0.4, 0.5) is 15.8 Å². The van der Waals surface area contributed by atoms with Crippen LogP contribution >= 0.6 is 11.6 Å². The molecule has 0 spiro atoms. The molecule has 0 aliphatic rings. The summed E-state index contributed by atoms with van der Waals surface area (Å²) < 4.78 is 24.4. The Morgan fingerprint density at radius 2 is 1.68 bits per heavy atom. The summed E-state index contributed by atoms with van der Waals surface area (Å²) in [6.07, 6.45) is 0. The first kappa shape index (κ1) is 22.4. The fourth-order valence-electron chi connectivity index (χ4n) is 2.87. The lowest BCUT2D eigenvalue weighted by Gasteiger charge is -2.16. The molecule has 0 aliphatic carbocycles. The third-order valence-corrected chi connectivity index (χ3v) is 4.67. The Balaban J connectivity index is 1.65. The second kappa shape index (κ2) is 10.7. The van der Waals surface area contributed by atoms with Gasteiger partial charge in [0.25, 0.3) is 5.91 Å². The number of hydrogen-bond acceptors (Lipinski definition) is 4. The van der Waals surface area contributed by atoms with Crippen molar-refractivity contribution in [1.82, 2.24) is 0 Å². The van der Waals surface area contributed by atoms with Gasteiger partial charge in [-0.3, -0.25) is 4.79 Å². The second-order valence-corrected chi connectivity index (χ2v) is 7.31. The Kier molecular flexibility index (Phi) is 7.73. The van der Waals surface area contributed by atoms with Crippen LogP contribution in [0, 0.1) is 12.7 Å². The number of ether oxygens (including phenoxy) is 2. The van der Waals surface area contributed by atoms with E-state index < -0.39 is 0 Å². The summed E-state index contributed by atoms with van der Waals surface area (Å²) in [5.41, 5.74) is 3.44. The summed E-state index contributed by atoms with van der Waals surface area (Å²) >= 11 is 6.42. The van der Waals surface area contributed by atoms with Gasteiger partial charge < -0.3 is 20.1 Å². The van der Waals surface area contributed by atoms with Crippen molar-refractivity contribution in [2.24, 2.45) is 0 Å². The van der Waals surface area contributed by atoms with Gasteiger partial charge in [0.05, 0.1) is 11.6 Å². The molecule has 0 radical (unpaired) electrons. The molecule has 31 heavy (non-hydrogen) atoms. The van der Waals surface area contributed by atoms with E-state index in [0.29, 0.717) is 35.4 Å². The number of carbonyl (C=O) groups excluding carboxylic acids is 1. The fraction of sp³-hybridized carbons (Fsp3) is 0.208. The van der Waals surface area contributed by atoms with Crippen molar-refractivity contribution < 1.29 is 18.7 Å². The van der Waals surface area contributed by atoms with Crippen molar-refractivity contribution >= 4 is 28.9 Å². The average molecular weight is 443 g/mol. The summed E-state index contributed by atoms with van der Waals surface area (Å²) in [7, 11) is 0. The molecule has 162 valence electrons. The van der Waals surface area contributed by atoms with E-state index in [4.69, 9.17) is 21.1 Å². The highest BCUT2D eigenvalue weighted by atomic mass is 35.5. The van der Waals surface area contributed by atoms with E-state index >= 15 is 0 Å². The molecule has 3 rings (SSSR count). The van der Waals surface area contributed by atoms with Gasteiger partial charge in [0.15, 0.2) is 18.1 Å². The van der Waals surface area contributed by atoms with Gasteiger partial charge in [-0.2, -0.15) is 0 Å². The largest absolute Gasteiger partial charge is 0.490 e.